The highest BCUT2D eigenvalue weighted by atomic mass is 16.2. The Morgan fingerprint density at radius 1 is 0.958 bits per heavy atom. The van der Waals surface area contributed by atoms with Crippen LogP contribution in [0, 0.1) is 11.8 Å². The second-order valence-electron chi connectivity index (χ2n) is 7.29. The fourth-order valence-electron chi connectivity index (χ4n) is 2.45. The van der Waals surface area contributed by atoms with Crippen molar-refractivity contribution in [3.05, 3.63) is 0 Å². The third kappa shape index (κ3) is 9.01. The van der Waals surface area contributed by atoms with E-state index in [9.17, 15) is 14.4 Å². The highest BCUT2D eigenvalue weighted by Gasteiger charge is 2.28. The zero-order chi connectivity index (χ0) is 18.9. The van der Waals surface area contributed by atoms with Gasteiger partial charge < -0.3 is 16.0 Å². The summed E-state index contributed by atoms with van der Waals surface area (Å²) in [6, 6.07) is -0.661. The van der Waals surface area contributed by atoms with Crippen LogP contribution in [0.4, 0.5) is 0 Å². The number of carbonyl (C=O) groups excluding carboxylic acids is 3. The Balaban J connectivity index is 4.85. The van der Waals surface area contributed by atoms with Crippen LogP contribution in [-0.4, -0.2) is 42.3 Å². The summed E-state index contributed by atoms with van der Waals surface area (Å²) < 4.78 is 0. The third-order valence-corrected chi connectivity index (χ3v) is 3.73. The fourth-order valence-corrected chi connectivity index (χ4v) is 2.45. The second kappa shape index (κ2) is 11.2. The lowest BCUT2D eigenvalue weighted by Gasteiger charge is -2.27. The lowest BCUT2D eigenvalue weighted by atomic mass is 9.96. The minimum atomic E-state index is -0.513. The maximum absolute atomic E-state index is 12.6. The molecule has 0 aliphatic carbocycles. The summed E-state index contributed by atoms with van der Waals surface area (Å²) in [6.45, 7) is 13.6. The molecule has 0 radical (unpaired) electrons. The van der Waals surface area contributed by atoms with E-state index in [0.29, 0.717) is 19.4 Å². The van der Waals surface area contributed by atoms with Gasteiger partial charge in [-0.25, -0.2) is 0 Å². The van der Waals surface area contributed by atoms with Gasteiger partial charge in [0, 0.05) is 25.4 Å². The first-order valence-electron chi connectivity index (χ1n) is 8.90. The molecule has 2 atom stereocenters. The number of hydrogen-bond acceptors (Lipinski definition) is 4. The number of ketones is 1. The molecule has 6 nitrogen and oxygen atoms in total. The summed E-state index contributed by atoms with van der Waals surface area (Å²) in [5.41, 5.74) is 0. The third-order valence-electron chi connectivity index (χ3n) is 3.73. The SMILES string of the molecule is CC(=O)NCCC[C@H](NC(=O)[C@@H](NC(C)C)C(C)C)C(=O)C(C)C. The number of carbonyl (C=O) groups is 3. The molecule has 3 N–H and O–H groups in total. The molecule has 0 bridgehead atoms. The van der Waals surface area contributed by atoms with Crippen LogP contribution in [0.3, 0.4) is 0 Å². The van der Waals surface area contributed by atoms with Crippen LogP contribution in [-0.2, 0) is 14.4 Å². The van der Waals surface area contributed by atoms with Gasteiger partial charge in [0.2, 0.25) is 11.8 Å². The Labute approximate surface area is 146 Å². The maximum Gasteiger partial charge on any atom is 0.237 e. The molecule has 140 valence electrons. The van der Waals surface area contributed by atoms with Crippen molar-refractivity contribution < 1.29 is 14.4 Å². The van der Waals surface area contributed by atoms with Crippen molar-refractivity contribution in [3.8, 4) is 0 Å². The Kier molecular flexibility index (Phi) is 10.5. The van der Waals surface area contributed by atoms with Crippen molar-refractivity contribution in [2.45, 2.75) is 79.4 Å². The van der Waals surface area contributed by atoms with E-state index in [-0.39, 0.29) is 41.5 Å². The molecule has 0 spiro atoms. The van der Waals surface area contributed by atoms with E-state index in [2.05, 4.69) is 16.0 Å². The van der Waals surface area contributed by atoms with Crippen LogP contribution in [0.25, 0.3) is 0 Å². The molecule has 0 saturated carbocycles. The van der Waals surface area contributed by atoms with Gasteiger partial charge in [-0.1, -0.05) is 41.5 Å². The van der Waals surface area contributed by atoms with E-state index in [0.717, 1.165) is 0 Å². The van der Waals surface area contributed by atoms with E-state index in [1.807, 2.05) is 41.5 Å². The van der Waals surface area contributed by atoms with Crippen molar-refractivity contribution >= 4 is 17.6 Å². The Morgan fingerprint density at radius 2 is 1.54 bits per heavy atom. The highest BCUT2D eigenvalue weighted by molar-refractivity contribution is 5.91. The van der Waals surface area contributed by atoms with Gasteiger partial charge >= 0.3 is 0 Å². The van der Waals surface area contributed by atoms with E-state index < -0.39 is 6.04 Å². The smallest absolute Gasteiger partial charge is 0.237 e. The molecule has 0 rings (SSSR count). The molecular weight excluding hydrogens is 306 g/mol. The minimum Gasteiger partial charge on any atom is -0.356 e. The first kappa shape index (κ1) is 22.6. The predicted octanol–water partition coefficient (Wildman–Crippen LogP) is 1.64. The monoisotopic (exact) mass is 341 g/mol. The average molecular weight is 341 g/mol. The highest BCUT2D eigenvalue weighted by Crippen LogP contribution is 2.09. The van der Waals surface area contributed by atoms with Gasteiger partial charge in [0.15, 0.2) is 5.78 Å². The van der Waals surface area contributed by atoms with Crippen molar-refractivity contribution in [2.75, 3.05) is 6.54 Å². The Bertz CT molecular complexity index is 420. The zero-order valence-corrected chi connectivity index (χ0v) is 16.2. The van der Waals surface area contributed by atoms with E-state index >= 15 is 0 Å². The summed E-state index contributed by atoms with van der Waals surface area (Å²) >= 11 is 0. The maximum atomic E-state index is 12.6. The van der Waals surface area contributed by atoms with Crippen molar-refractivity contribution in [1.82, 2.24) is 16.0 Å². The lowest BCUT2D eigenvalue weighted by molar-refractivity contribution is -0.131. The molecule has 0 unspecified atom stereocenters. The van der Waals surface area contributed by atoms with Crippen LogP contribution < -0.4 is 16.0 Å². The van der Waals surface area contributed by atoms with E-state index in [1.165, 1.54) is 6.92 Å². The van der Waals surface area contributed by atoms with Gasteiger partial charge in [-0.15, -0.1) is 0 Å². The molecule has 0 saturated heterocycles. The van der Waals surface area contributed by atoms with Crippen molar-refractivity contribution in [2.24, 2.45) is 11.8 Å². The number of amides is 2. The van der Waals surface area contributed by atoms with Crippen molar-refractivity contribution in [1.29, 1.82) is 0 Å². The molecule has 0 aliphatic heterocycles. The molecule has 0 aromatic carbocycles. The molecule has 0 aromatic rings. The largest absolute Gasteiger partial charge is 0.356 e. The van der Waals surface area contributed by atoms with Gasteiger partial charge in [-0.3, -0.25) is 14.4 Å². The number of Topliss-reactive ketones (excluding diaryl/α,β-unsaturated/α-hetero) is 1. The van der Waals surface area contributed by atoms with Crippen molar-refractivity contribution in [3.63, 3.8) is 0 Å². The molecule has 6 heteroatoms. The van der Waals surface area contributed by atoms with Gasteiger partial charge in [-0.2, -0.15) is 0 Å². The minimum absolute atomic E-state index is 0.0261. The Hall–Kier alpha value is -1.43. The number of nitrogens with one attached hydrogen (secondary N) is 3. The fraction of sp³-hybridized carbons (Fsp3) is 0.833. The molecule has 2 amide bonds. The molecule has 0 fully saturated rings. The molecular formula is C18H35N3O3. The van der Waals surface area contributed by atoms with Crippen LogP contribution in [0.2, 0.25) is 0 Å². The summed E-state index contributed by atoms with van der Waals surface area (Å²) in [5.74, 6) is -0.226. The van der Waals surface area contributed by atoms with Gasteiger partial charge in [0.05, 0.1) is 12.1 Å². The normalized spacial score (nSPS) is 13.9. The van der Waals surface area contributed by atoms with E-state index in [1.54, 1.807) is 0 Å². The first-order chi connectivity index (χ1) is 11.1. The standard InChI is InChI=1S/C18H35N3O3/c1-11(2)16(20-13(5)6)18(24)21-15(17(23)12(3)4)9-8-10-19-14(7)22/h11-13,15-16,20H,8-10H2,1-7H3,(H,19,22)(H,21,24)/t15-,16-/m0/s1. The molecule has 0 aromatic heterocycles. The summed E-state index contributed by atoms with van der Waals surface area (Å²) in [7, 11) is 0. The molecule has 0 aliphatic rings. The Morgan fingerprint density at radius 3 is 1.96 bits per heavy atom. The summed E-state index contributed by atoms with van der Waals surface area (Å²) in [5, 5.41) is 8.88. The molecule has 24 heavy (non-hydrogen) atoms. The van der Waals surface area contributed by atoms with Gasteiger partial charge in [0.25, 0.3) is 0 Å². The first-order valence-corrected chi connectivity index (χ1v) is 8.90. The van der Waals surface area contributed by atoms with E-state index in [4.69, 9.17) is 0 Å². The molecule has 0 heterocycles. The lowest BCUT2D eigenvalue weighted by Crippen LogP contribution is -2.54. The topological polar surface area (TPSA) is 87.3 Å². The van der Waals surface area contributed by atoms with Gasteiger partial charge in [-0.05, 0) is 18.8 Å². The van der Waals surface area contributed by atoms with Crippen LogP contribution >= 0.6 is 0 Å². The van der Waals surface area contributed by atoms with Crippen LogP contribution in [0.15, 0.2) is 0 Å². The number of rotatable bonds is 11. The summed E-state index contributed by atoms with van der Waals surface area (Å²) in [6.07, 6.45) is 1.17. The van der Waals surface area contributed by atoms with Crippen LogP contribution in [0.1, 0.15) is 61.3 Å². The van der Waals surface area contributed by atoms with Crippen LogP contribution in [0.5, 0.6) is 0 Å². The summed E-state index contributed by atoms with van der Waals surface area (Å²) in [4.78, 5) is 35.9. The zero-order valence-electron chi connectivity index (χ0n) is 16.2. The number of hydrogen-bond donors (Lipinski definition) is 3. The average Bonchev–Trinajstić information content (AvgIpc) is 2.45. The second-order valence-corrected chi connectivity index (χ2v) is 7.29. The quantitative estimate of drug-likeness (QED) is 0.499. The van der Waals surface area contributed by atoms with Gasteiger partial charge in [0.1, 0.15) is 0 Å². The predicted molar refractivity (Wildman–Crippen MR) is 96.6 cm³/mol.